The first-order valence-corrected chi connectivity index (χ1v) is 10.1. The Morgan fingerprint density at radius 3 is 2.25 bits per heavy atom. The molecular formula is C24H22FN5O2. The molecule has 2 aromatic carbocycles. The number of aromatic nitrogens is 4. The zero-order valence-electron chi connectivity index (χ0n) is 17.5. The quantitative estimate of drug-likeness (QED) is 0.457. The monoisotopic (exact) mass is 431 g/mol. The van der Waals surface area contributed by atoms with Gasteiger partial charge in [0.05, 0.1) is 0 Å². The van der Waals surface area contributed by atoms with E-state index in [1.807, 2.05) is 36.2 Å². The van der Waals surface area contributed by atoms with E-state index in [9.17, 15) is 9.18 Å². The minimum atomic E-state index is -0.298. The van der Waals surface area contributed by atoms with Crippen molar-refractivity contribution in [2.45, 2.75) is 12.8 Å². The number of benzene rings is 2. The summed E-state index contributed by atoms with van der Waals surface area (Å²) in [5, 5.41) is 0. The van der Waals surface area contributed by atoms with Crippen LogP contribution in [0.1, 0.15) is 16.7 Å². The van der Waals surface area contributed by atoms with Crippen LogP contribution in [-0.2, 0) is 12.8 Å². The Balaban J connectivity index is 1.33. The van der Waals surface area contributed by atoms with Gasteiger partial charge in [0.25, 0.3) is 5.56 Å². The van der Waals surface area contributed by atoms with Crippen LogP contribution >= 0.6 is 0 Å². The zero-order chi connectivity index (χ0) is 22.3. The van der Waals surface area contributed by atoms with Gasteiger partial charge in [-0.15, -0.1) is 0 Å². The summed E-state index contributed by atoms with van der Waals surface area (Å²) in [6.45, 7) is 0.674. The van der Waals surface area contributed by atoms with Gasteiger partial charge in [0, 0.05) is 44.2 Å². The number of nitrogens with zero attached hydrogens (tertiary/aromatic N) is 4. The maximum atomic E-state index is 13.0. The Labute approximate surface area is 184 Å². The molecule has 32 heavy (non-hydrogen) atoms. The molecule has 4 rings (SSSR count). The molecule has 0 fully saturated rings. The van der Waals surface area contributed by atoms with E-state index in [-0.39, 0.29) is 11.4 Å². The highest BCUT2D eigenvalue weighted by molar-refractivity contribution is 5.34. The van der Waals surface area contributed by atoms with Crippen LogP contribution in [0.3, 0.4) is 0 Å². The van der Waals surface area contributed by atoms with Crippen molar-refractivity contribution in [1.29, 1.82) is 0 Å². The second kappa shape index (κ2) is 9.82. The molecule has 0 aliphatic rings. The third-order valence-electron chi connectivity index (χ3n) is 4.94. The molecule has 0 atom stereocenters. The Morgan fingerprint density at radius 2 is 1.59 bits per heavy atom. The second-order valence-corrected chi connectivity index (χ2v) is 7.36. The summed E-state index contributed by atoms with van der Waals surface area (Å²) in [6, 6.07) is 13.6. The number of likely N-dealkylation sites (N-methyl/N-ethyl adjacent to an activating group) is 1. The number of halogens is 1. The first kappa shape index (κ1) is 21.2. The molecule has 2 heterocycles. The van der Waals surface area contributed by atoms with E-state index >= 15 is 0 Å². The third-order valence-corrected chi connectivity index (χ3v) is 4.94. The van der Waals surface area contributed by atoms with E-state index < -0.39 is 0 Å². The molecule has 4 aromatic rings. The summed E-state index contributed by atoms with van der Waals surface area (Å²) in [5.41, 5.74) is 2.36. The average Bonchev–Trinajstić information content (AvgIpc) is 2.82. The minimum Gasteiger partial charge on any atom is -0.457 e. The van der Waals surface area contributed by atoms with Gasteiger partial charge >= 0.3 is 0 Å². The van der Waals surface area contributed by atoms with Crippen LogP contribution in [0.5, 0.6) is 11.5 Å². The first-order chi connectivity index (χ1) is 15.6. The third kappa shape index (κ3) is 5.54. The topological polar surface area (TPSA) is 84.0 Å². The van der Waals surface area contributed by atoms with E-state index in [1.54, 1.807) is 30.7 Å². The van der Waals surface area contributed by atoms with E-state index in [1.165, 1.54) is 18.5 Å². The van der Waals surface area contributed by atoms with E-state index in [0.717, 1.165) is 17.5 Å². The van der Waals surface area contributed by atoms with Crippen molar-refractivity contribution in [3.8, 4) is 11.5 Å². The highest BCUT2D eigenvalue weighted by Gasteiger charge is 2.08. The van der Waals surface area contributed by atoms with Gasteiger partial charge in [-0.1, -0.05) is 12.1 Å². The molecule has 0 saturated carbocycles. The summed E-state index contributed by atoms with van der Waals surface area (Å²) >= 11 is 0. The van der Waals surface area contributed by atoms with Crippen LogP contribution in [0, 0.1) is 5.82 Å². The zero-order valence-corrected chi connectivity index (χ0v) is 17.5. The van der Waals surface area contributed by atoms with Crippen molar-refractivity contribution in [3.05, 3.63) is 106 Å². The van der Waals surface area contributed by atoms with Gasteiger partial charge in [-0.25, -0.2) is 19.3 Å². The molecular weight excluding hydrogens is 409 g/mol. The standard InChI is InChI=1S/C24H22FN5O2/c1-30(24-28-15-19(23(31)29-24)12-18-13-26-16-27-14-18)11-10-17-2-6-21(7-3-17)32-22-8-4-20(25)5-9-22/h2-9,13-16H,10-12H2,1H3,(H,28,29,31). The highest BCUT2D eigenvalue weighted by Crippen LogP contribution is 2.22. The Kier molecular flexibility index (Phi) is 6.50. The van der Waals surface area contributed by atoms with Gasteiger partial charge in [0.1, 0.15) is 23.6 Å². The molecule has 0 spiro atoms. The maximum absolute atomic E-state index is 13.0. The molecule has 2 aromatic heterocycles. The molecule has 0 amide bonds. The number of anilines is 1. The first-order valence-electron chi connectivity index (χ1n) is 10.1. The van der Waals surface area contributed by atoms with E-state index in [0.29, 0.717) is 36.0 Å². The number of ether oxygens (including phenoxy) is 1. The Hall–Kier alpha value is -4.07. The molecule has 0 aliphatic heterocycles. The molecule has 0 radical (unpaired) electrons. The molecule has 8 heteroatoms. The predicted octanol–water partition coefficient (Wildman–Crippen LogP) is 3.76. The largest absolute Gasteiger partial charge is 0.457 e. The van der Waals surface area contributed by atoms with Crippen molar-refractivity contribution in [3.63, 3.8) is 0 Å². The molecule has 7 nitrogen and oxygen atoms in total. The second-order valence-electron chi connectivity index (χ2n) is 7.36. The number of nitrogens with one attached hydrogen (secondary N) is 1. The van der Waals surface area contributed by atoms with Gasteiger partial charge in [-0.3, -0.25) is 9.78 Å². The van der Waals surface area contributed by atoms with Crippen LogP contribution < -0.4 is 15.2 Å². The summed E-state index contributed by atoms with van der Waals surface area (Å²) < 4.78 is 18.7. The number of hydrogen-bond acceptors (Lipinski definition) is 6. The van der Waals surface area contributed by atoms with Crippen LogP contribution in [0.25, 0.3) is 0 Å². The van der Waals surface area contributed by atoms with Crippen molar-refractivity contribution < 1.29 is 9.13 Å². The molecule has 0 aliphatic carbocycles. The fourth-order valence-corrected chi connectivity index (χ4v) is 3.14. The van der Waals surface area contributed by atoms with Gasteiger partial charge in [-0.05, 0) is 53.9 Å². The van der Waals surface area contributed by atoms with Gasteiger partial charge < -0.3 is 9.64 Å². The SMILES string of the molecule is CN(CCc1ccc(Oc2ccc(F)cc2)cc1)c1ncc(Cc2cncnc2)c(=O)[nH]1. The van der Waals surface area contributed by atoms with Gasteiger partial charge in [-0.2, -0.15) is 0 Å². The fourth-order valence-electron chi connectivity index (χ4n) is 3.14. The van der Waals surface area contributed by atoms with Crippen molar-refractivity contribution in [2.24, 2.45) is 0 Å². The van der Waals surface area contributed by atoms with Crippen molar-refractivity contribution in [1.82, 2.24) is 19.9 Å². The number of H-pyrrole nitrogens is 1. The van der Waals surface area contributed by atoms with Crippen LogP contribution in [-0.4, -0.2) is 33.5 Å². The van der Waals surface area contributed by atoms with Crippen LogP contribution in [0.4, 0.5) is 10.3 Å². The molecule has 0 unspecified atom stereocenters. The Bertz CT molecular complexity index is 1210. The molecule has 0 bridgehead atoms. The van der Waals surface area contributed by atoms with Crippen LogP contribution in [0.15, 0.2) is 78.2 Å². The normalized spacial score (nSPS) is 10.7. The summed E-state index contributed by atoms with van der Waals surface area (Å²) in [5.74, 6) is 1.48. The molecule has 0 saturated heterocycles. The van der Waals surface area contributed by atoms with Crippen molar-refractivity contribution >= 4 is 5.95 Å². The van der Waals surface area contributed by atoms with Gasteiger partial charge in [0.2, 0.25) is 5.95 Å². The van der Waals surface area contributed by atoms with E-state index in [2.05, 4.69) is 19.9 Å². The summed E-state index contributed by atoms with van der Waals surface area (Å²) in [7, 11) is 1.88. The summed E-state index contributed by atoms with van der Waals surface area (Å²) in [4.78, 5) is 29.5. The highest BCUT2D eigenvalue weighted by atomic mass is 19.1. The minimum absolute atomic E-state index is 0.173. The lowest BCUT2D eigenvalue weighted by Crippen LogP contribution is -2.26. The van der Waals surface area contributed by atoms with E-state index in [4.69, 9.17) is 4.74 Å². The lowest BCUT2D eigenvalue weighted by Gasteiger charge is -2.17. The lowest BCUT2D eigenvalue weighted by atomic mass is 10.1. The lowest BCUT2D eigenvalue weighted by molar-refractivity contribution is 0.480. The number of rotatable bonds is 8. The smallest absolute Gasteiger partial charge is 0.255 e. The number of aromatic amines is 1. The molecule has 1 N–H and O–H groups in total. The maximum Gasteiger partial charge on any atom is 0.255 e. The predicted molar refractivity (Wildman–Crippen MR) is 120 cm³/mol. The Morgan fingerprint density at radius 1 is 0.938 bits per heavy atom. The average molecular weight is 431 g/mol. The molecule has 162 valence electrons. The van der Waals surface area contributed by atoms with Gasteiger partial charge in [0.15, 0.2) is 0 Å². The van der Waals surface area contributed by atoms with Crippen molar-refractivity contribution in [2.75, 3.05) is 18.5 Å². The van der Waals surface area contributed by atoms with Crippen LogP contribution in [0.2, 0.25) is 0 Å². The number of hydrogen-bond donors (Lipinski definition) is 1. The fraction of sp³-hybridized carbons (Fsp3) is 0.167. The summed E-state index contributed by atoms with van der Waals surface area (Å²) in [6.07, 6.45) is 7.61.